The van der Waals surface area contributed by atoms with Crippen molar-refractivity contribution in [3.63, 3.8) is 0 Å². The molecule has 0 atom stereocenters. The van der Waals surface area contributed by atoms with Crippen LogP contribution in [-0.4, -0.2) is 14.7 Å². The van der Waals surface area contributed by atoms with Gasteiger partial charge in [-0.1, -0.05) is 109 Å². The molecule has 36 heavy (non-hydrogen) atoms. The fraction of sp³-hybridized carbons (Fsp3) is 0.0323. The predicted octanol–water partition coefficient (Wildman–Crippen LogP) is 8.32. The molecule has 0 aliphatic rings. The SMILES string of the molecule is CS(=O)(=O)OS(c1cccc2ccccc12)(c1cccc2ccccc12)c1cccc2ccccc12. The van der Waals surface area contributed by atoms with Crippen LogP contribution in [0.4, 0.5) is 0 Å². The van der Waals surface area contributed by atoms with Crippen LogP contribution in [0.25, 0.3) is 32.3 Å². The minimum Gasteiger partial charge on any atom is -0.207 e. The maximum atomic E-state index is 13.2. The topological polar surface area (TPSA) is 43.4 Å². The summed E-state index contributed by atoms with van der Waals surface area (Å²) in [5.41, 5.74) is 0. The quantitative estimate of drug-likeness (QED) is 0.235. The van der Waals surface area contributed by atoms with Gasteiger partial charge in [0.15, 0.2) is 0 Å². The fourth-order valence-electron chi connectivity index (χ4n) is 4.99. The van der Waals surface area contributed by atoms with Gasteiger partial charge in [-0.15, -0.1) is 0 Å². The second-order valence-corrected chi connectivity index (χ2v) is 13.1. The summed E-state index contributed by atoms with van der Waals surface area (Å²) >= 11 is 0. The van der Waals surface area contributed by atoms with Crippen LogP contribution < -0.4 is 0 Å². The maximum absolute atomic E-state index is 13.2. The zero-order chi connectivity index (χ0) is 24.8. The van der Waals surface area contributed by atoms with Gasteiger partial charge in [0.1, 0.15) is 0 Å². The van der Waals surface area contributed by atoms with Crippen LogP contribution in [0.3, 0.4) is 0 Å². The van der Waals surface area contributed by atoms with E-state index in [1.165, 1.54) is 0 Å². The monoisotopic (exact) mass is 508 g/mol. The largest absolute Gasteiger partial charge is 0.274 e. The standard InChI is InChI=1S/C31H24O3S2/c1-35(32,33)34-36(29-20-8-14-23-11-2-5-17-26(23)29,30-21-9-15-24-12-3-6-18-27(24)30)31-22-10-16-25-13-4-7-19-28(25)31/h2-22H,1H3. The van der Waals surface area contributed by atoms with Crippen molar-refractivity contribution in [1.82, 2.24) is 0 Å². The van der Waals surface area contributed by atoms with E-state index in [4.69, 9.17) is 3.63 Å². The summed E-state index contributed by atoms with van der Waals surface area (Å²) in [5.74, 6) is 0. The number of fused-ring (bicyclic) bond motifs is 3. The Morgan fingerprint density at radius 3 is 1.08 bits per heavy atom. The van der Waals surface area contributed by atoms with E-state index in [0.717, 1.165) is 53.3 Å². The Kier molecular flexibility index (Phi) is 5.56. The molecule has 0 aromatic heterocycles. The van der Waals surface area contributed by atoms with Crippen LogP contribution in [-0.2, 0) is 13.7 Å². The highest BCUT2D eigenvalue weighted by atomic mass is 32.3. The molecule has 0 radical (unpaired) electrons. The smallest absolute Gasteiger partial charge is 0.207 e. The van der Waals surface area contributed by atoms with Crippen LogP contribution in [0.15, 0.2) is 142 Å². The summed E-state index contributed by atoms with van der Waals surface area (Å²) in [6.45, 7) is 0. The van der Waals surface area contributed by atoms with Gasteiger partial charge in [0, 0.05) is 14.7 Å². The van der Waals surface area contributed by atoms with E-state index in [1.807, 2.05) is 91.0 Å². The zero-order valence-corrected chi connectivity index (χ0v) is 21.3. The summed E-state index contributed by atoms with van der Waals surface area (Å²) in [5, 5.41) is 6.01. The first kappa shape index (κ1) is 22.8. The minimum absolute atomic E-state index is 0.860. The second kappa shape index (κ2) is 8.79. The van der Waals surface area contributed by atoms with Crippen LogP contribution in [0.5, 0.6) is 0 Å². The summed E-state index contributed by atoms with van der Waals surface area (Å²) in [6.07, 6.45) is 1.15. The molecule has 0 spiro atoms. The first-order chi connectivity index (χ1) is 17.5. The van der Waals surface area contributed by atoms with Crippen LogP contribution in [0, 0.1) is 0 Å². The van der Waals surface area contributed by atoms with Crippen molar-refractivity contribution in [2.45, 2.75) is 14.7 Å². The lowest BCUT2D eigenvalue weighted by Crippen LogP contribution is -2.14. The average Bonchev–Trinajstić information content (AvgIpc) is 2.90. The molecule has 0 unspecified atom stereocenters. The van der Waals surface area contributed by atoms with Crippen molar-refractivity contribution in [2.75, 3.05) is 6.26 Å². The van der Waals surface area contributed by atoms with Crippen LogP contribution in [0.2, 0.25) is 0 Å². The number of rotatable bonds is 5. The Morgan fingerprint density at radius 2 is 0.750 bits per heavy atom. The van der Waals surface area contributed by atoms with Gasteiger partial charge in [0.25, 0.3) is 10.1 Å². The first-order valence-electron chi connectivity index (χ1n) is 11.7. The lowest BCUT2D eigenvalue weighted by atomic mass is 10.1. The van der Waals surface area contributed by atoms with E-state index < -0.39 is 20.4 Å². The van der Waals surface area contributed by atoms with E-state index in [-0.39, 0.29) is 0 Å². The highest BCUT2D eigenvalue weighted by Crippen LogP contribution is 2.73. The summed E-state index contributed by atoms with van der Waals surface area (Å²) in [6, 6.07) is 42.4. The van der Waals surface area contributed by atoms with Gasteiger partial charge in [0.05, 0.1) is 6.26 Å². The van der Waals surface area contributed by atoms with Gasteiger partial charge >= 0.3 is 0 Å². The molecular weight excluding hydrogens is 484 g/mol. The molecule has 0 fully saturated rings. The highest BCUT2D eigenvalue weighted by molar-refractivity contribution is 8.33. The molecule has 0 aliphatic heterocycles. The van der Waals surface area contributed by atoms with Crippen molar-refractivity contribution in [1.29, 1.82) is 0 Å². The lowest BCUT2D eigenvalue weighted by molar-refractivity contribution is 0.516. The van der Waals surface area contributed by atoms with E-state index in [1.54, 1.807) is 0 Å². The zero-order valence-electron chi connectivity index (χ0n) is 19.7. The number of benzene rings is 6. The molecule has 6 rings (SSSR count). The van der Waals surface area contributed by atoms with Crippen molar-refractivity contribution in [2.24, 2.45) is 0 Å². The third-order valence-electron chi connectivity index (χ3n) is 6.40. The molecule has 0 saturated carbocycles. The van der Waals surface area contributed by atoms with Gasteiger partial charge in [0.2, 0.25) is 0 Å². The third-order valence-corrected chi connectivity index (χ3v) is 11.1. The molecule has 5 heteroatoms. The normalized spacial score (nSPS) is 12.8. The Labute approximate surface area is 212 Å². The van der Waals surface area contributed by atoms with E-state index in [9.17, 15) is 8.42 Å². The molecule has 0 bridgehead atoms. The summed E-state index contributed by atoms with van der Waals surface area (Å²) in [4.78, 5) is 2.58. The van der Waals surface area contributed by atoms with Crippen LogP contribution in [0.1, 0.15) is 0 Å². The molecule has 0 amide bonds. The Morgan fingerprint density at radius 1 is 0.444 bits per heavy atom. The van der Waals surface area contributed by atoms with E-state index in [2.05, 4.69) is 36.4 Å². The lowest BCUT2D eigenvalue weighted by Gasteiger charge is -2.41. The minimum atomic E-state index is -3.90. The van der Waals surface area contributed by atoms with Crippen molar-refractivity contribution >= 4 is 52.7 Å². The molecule has 6 aromatic carbocycles. The Hall–Kier alpha value is -3.64. The highest BCUT2D eigenvalue weighted by Gasteiger charge is 2.39. The van der Waals surface area contributed by atoms with Gasteiger partial charge in [-0.3, -0.25) is 0 Å². The molecule has 0 saturated heterocycles. The van der Waals surface area contributed by atoms with Crippen LogP contribution >= 0.6 is 10.3 Å². The van der Waals surface area contributed by atoms with Crippen molar-refractivity contribution < 1.29 is 12.0 Å². The first-order valence-corrected chi connectivity index (χ1v) is 15.0. The third kappa shape index (κ3) is 3.77. The van der Waals surface area contributed by atoms with Crippen molar-refractivity contribution in [3.8, 4) is 0 Å². The second-order valence-electron chi connectivity index (χ2n) is 8.76. The molecule has 6 aromatic rings. The molecular formula is C31H24O3S2. The van der Waals surface area contributed by atoms with Gasteiger partial charge in [-0.05, 0) is 60.8 Å². The molecule has 3 nitrogen and oxygen atoms in total. The molecule has 0 aliphatic carbocycles. The maximum Gasteiger partial charge on any atom is 0.274 e. The van der Waals surface area contributed by atoms with Gasteiger partial charge < -0.3 is 0 Å². The summed E-state index contributed by atoms with van der Waals surface area (Å²) < 4.78 is 32.8. The van der Waals surface area contributed by atoms with Gasteiger partial charge in [-0.25, -0.2) is 3.63 Å². The summed E-state index contributed by atoms with van der Waals surface area (Å²) in [7, 11) is -6.65. The Balaban J connectivity index is 1.89. The number of hydrogen-bond acceptors (Lipinski definition) is 3. The predicted molar refractivity (Wildman–Crippen MR) is 150 cm³/mol. The molecule has 178 valence electrons. The van der Waals surface area contributed by atoms with Crippen molar-refractivity contribution in [3.05, 3.63) is 127 Å². The van der Waals surface area contributed by atoms with Gasteiger partial charge in [-0.2, -0.15) is 8.42 Å². The Bertz CT molecular complexity index is 1650. The fourth-order valence-corrected chi connectivity index (χ4v) is 10.4. The molecule has 0 heterocycles. The number of hydrogen-bond donors (Lipinski definition) is 0. The molecule has 0 N–H and O–H groups in total. The van der Waals surface area contributed by atoms with E-state index >= 15 is 0 Å². The average molecular weight is 509 g/mol. The van der Waals surface area contributed by atoms with E-state index in [0.29, 0.717) is 0 Å².